The van der Waals surface area contributed by atoms with Crippen LogP contribution in [0.25, 0.3) is 0 Å². The molecule has 0 bridgehead atoms. The number of fused-ring (bicyclic) bond motifs is 1. The van der Waals surface area contributed by atoms with Crippen molar-refractivity contribution in [2.24, 2.45) is 15.6 Å². The molecular formula is C15H16N2O4. The van der Waals surface area contributed by atoms with Crippen molar-refractivity contribution in [1.29, 1.82) is 0 Å². The maximum absolute atomic E-state index is 12.0. The number of nitrogens with zero attached hydrogens (tertiary/aromatic N) is 2. The second-order valence-corrected chi connectivity index (χ2v) is 5.97. The lowest BCUT2D eigenvalue weighted by Crippen LogP contribution is -2.25. The van der Waals surface area contributed by atoms with Gasteiger partial charge in [0.05, 0.1) is 5.69 Å². The number of aliphatic hydroxyl groups excluding tert-OH is 1. The molecule has 0 saturated heterocycles. The molecule has 0 radical (unpaired) electrons. The van der Waals surface area contributed by atoms with Crippen molar-refractivity contribution in [3.05, 3.63) is 29.7 Å². The van der Waals surface area contributed by atoms with Crippen LogP contribution in [0.5, 0.6) is 11.5 Å². The lowest BCUT2D eigenvalue weighted by Gasteiger charge is -2.27. The smallest absolute Gasteiger partial charge is 0.231 e. The van der Waals surface area contributed by atoms with E-state index < -0.39 is 0 Å². The van der Waals surface area contributed by atoms with E-state index in [0.29, 0.717) is 30.0 Å². The molecule has 1 aliphatic carbocycles. The van der Waals surface area contributed by atoms with Gasteiger partial charge in [0.25, 0.3) is 0 Å². The molecule has 0 saturated carbocycles. The second kappa shape index (κ2) is 4.87. The van der Waals surface area contributed by atoms with E-state index in [1.807, 2.05) is 13.8 Å². The standard InChI is InChI=1S/C15H16N2O4/c1-15(2)6-10(18)14(11(19)7-15)17-16-9-3-4-12-13(5-9)21-8-20-12/h3-5,18H,6-8H2,1-2H3. The van der Waals surface area contributed by atoms with Gasteiger partial charge in [-0.2, -0.15) is 5.11 Å². The fourth-order valence-electron chi connectivity index (χ4n) is 2.45. The molecule has 110 valence electrons. The summed E-state index contributed by atoms with van der Waals surface area (Å²) in [6, 6.07) is 5.13. The third-order valence-corrected chi connectivity index (χ3v) is 3.44. The average Bonchev–Trinajstić information content (AvgIpc) is 2.83. The number of hydrogen-bond donors (Lipinski definition) is 1. The number of carbonyl (C=O) groups is 1. The Balaban J connectivity index is 1.84. The van der Waals surface area contributed by atoms with Gasteiger partial charge < -0.3 is 14.6 Å². The van der Waals surface area contributed by atoms with Crippen LogP contribution in [0.15, 0.2) is 39.9 Å². The number of azo groups is 1. The Morgan fingerprint density at radius 1 is 1.14 bits per heavy atom. The summed E-state index contributed by atoms with van der Waals surface area (Å²) in [5, 5.41) is 17.9. The minimum absolute atomic E-state index is 0.000688. The minimum Gasteiger partial charge on any atom is -0.510 e. The summed E-state index contributed by atoms with van der Waals surface area (Å²) in [4.78, 5) is 12.0. The largest absolute Gasteiger partial charge is 0.510 e. The van der Waals surface area contributed by atoms with Crippen LogP contribution in [0.2, 0.25) is 0 Å². The highest BCUT2D eigenvalue weighted by Crippen LogP contribution is 2.38. The first kappa shape index (κ1) is 13.6. The van der Waals surface area contributed by atoms with Crippen LogP contribution < -0.4 is 9.47 Å². The molecule has 2 aliphatic rings. The molecule has 0 aromatic heterocycles. The highest BCUT2D eigenvalue weighted by molar-refractivity contribution is 5.96. The second-order valence-electron chi connectivity index (χ2n) is 5.97. The van der Waals surface area contributed by atoms with Crippen LogP contribution in [-0.2, 0) is 4.79 Å². The van der Waals surface area contributed by atoms with Crippen LogP contribution in [0.4, 0.5) is 5.69 Å². The molecule has 21 heavy (non-hydrogen) atoms. The van der Waals surface area contributed by atoms with E-state index in [1.165, 1.54) is 0 Å². The van der Waals surface area contributed by atoms with Crippen molar-refractivity contribution in [1.82, 2.24) is 0 Å². The highest BCUT2D eigenvalue weighted by atomic mass is 16.7. The van der Waals surface area contributed by atoms with Crippen molar-refractivity contribution in [3.63, 3.8) is 0 Å². The number of ketones is 1. The lowest BCUT2D eigenvalue weighted by molar-refractivity contribution is -0.118. The summed E-state index contributed by atoms with van der Waals surface area (Å²) in [5.74, 6) is 1.07. The van der Waals surface area contributed by atoms with Crippen molar-refractivity contribution in [3.8, 4) is 11.5 Å². The molecule has 0 unspecified atom stereocenters. The maximum Gasteiger partial charge on any atom is 0.231 e. The fourth-order valence-corrected chi connectivity index (χ4v) is 2.45. The van der Waals surface area contributed by atoms with Crippen LogP contribution in [0.1, 0.15) is 26.7 Å². The third kappa shape index (κ3) is 2.74. The summed E-state index contributed by atoms with van der Waals surface area (Å²) in [6.07, 6.45) is 0.779. The van der Waals surface area contributed by atoms with Crippen molar-refractivity contribution in [2.45, 2.75) is 26.7 Å². The zero-order valence-electron chi connectivity index (χ0n) is 11.9. The molecule has 1 heterocycles. The van der Waals surface area contributed by atoms with Gasteiger partial charge in [-0.3, -0.25) is 4.79 Å². The van der Waals surface area contributed by atoms with Crippen LogP contribution >= 0.6 is 0 Å². The number of ether oxygens (including phenoxy) is 2. The summed E-state index contributed by atoms with van der Waals surface area (Å²) in [5.41, 5.74) is 0.350. The van der Waals surface area contributed by atoms with Crippen LogP contribution in [0.3, 0.4) is 0 Å². The van der Waals surface area contributed by atoms with Gasteiger partial charge in [0.2, 0.25) is 6.79 Å². The van der Waals surface area contributed by atoms with Gasteiger partial charge in [0.1, 0.15) is 5.76 Å². The topological polar surface area (TPSA) is 80.5 Å². The monoisotopic (exact) mass is 288 g/mol. The number of rotatable bonds is 2. The van der Waals surface area contributed by atoms with E-state index >= 15 is 0 Å². The first-order valence-corrected chi connectivity index (χ1v) is 6.71. The Labute approximate surface area is 122 Å². The van der Waals surface area contributed by atoms with E-state index in [2.05, 4.69) is 10.2 Å². The Kier molecular flexibility index (Phi) is 3.16. The van der Waals surface area contributed by atoms with Gasteiger partial charge in [-0.25, -0.2) is 0 Å². The molecule has 6 nitrogen and oxygen atoms in total. The van der Waals surface area contributed by atoms with Crippen molar-refractivity contribution < 1.29 is 19.4 Å². The van der Waals surface area contributed by atoms with E-state index in [9.17, 15) is 9.90 Å². The molecule has 6 heteroatoms. The number of hydrogen-bond acceptors (Lipinski definition) is 6. The highest BCUT2D eigenvalue weighted by Gasteiger charge is 2.33. The lowest BCUT2D eigenvalue weighted by atomic mass is 9.78. The predicted octanol–water partition coefficient (Wildman–Crippen LogP) is 3.66. The molecule has 1 N–H and O–H groups in total. The van der Waals surface area contributed by atoms with Gasteiger partial charge in [-0.15, -0.1) is 5.11 Å². The number of Topliss-reactive ketones (excluding diaryl/α,β-unsaturated/α-hetero) is 1. The molecule has 0 fully saturated rings. The van der Waals surface area contributed by atoms with Gasteiger partial charge >= 0.3 is 0 Å². The number of carbonyl (C=O) groups excluding carboxylic acids is 1. The first-order chi connectivity index (χ1) is 9.94. The molecular weight excluding hydrogens is 272 g/mol. The SMILES string of the molecule is CC1(C)CC(=O)C(N=Nc2ccc3c(c2)OCO3)=C(O)C1. The van der Waals surface area contributed by atoms with Gasteiger partial charge in [0, 0.05) is 18.9 Å². The van der Waals surface area contributed by atoms with Crippen molar-refractivity contribution >= 4 is 11.5 Å². The quantitative estimate of drug-likeness (QED) is 0.842. The van der Waals surface area contributed by atoms with E-state index in [-0.39, 0.29) is 29.4 Å². The van der Waals surface area contributed by atoms with Gasteiger partial charge in [-0.05, 0) is 17.5 Å². The Morgan fingerprint density at radius 3 is 2.67 bits per heavy atom. The minimum atomic E-state index is -0.237. The normalized spacial score (nSPS) is 20.4. The van der Waals surface area contributed by atoms with E-state index in [0.717, 1.165) is 0 Å². The summed E-state index contributed by atoms with van der Waals surface area (Å²) >= 11 is 0. The molecule has 3 rings (SSSR count). The van der Waals surface area contributed by atoms with Gasteiger partial charge in [-0.1, -0.05) is 13.8 Å². The third-order valence-electron chi connectivity index (χ3n) is 3.44. The summed E-state index contributed by atoms with van der Waals surface area (Å²) < 4.78 is 10.5. The Morgan fingerprint density at radius 2 is 1.90 bits per heavy atom. The number of aliphatic hydroxyl groups is 1. The molecule has 0 atom stereocenters. The summed E-state index contributed by atoms with van der Waals surface area (Å²) in [6.45, 7) is 4.06. The first-order valence-electron chi connectivity index (χ1n) is 6.71. The Hall–Kier alpha value is -2.37. The van der Waals surface area contributed by atoms with E-state index in [4.69, 9.17) is 9.47 Å². The zero-order valence-corrected chi connectivity index (χ0v) is 11.9. The van der Waals surface area contributed by atoms with Crippen LogP contribution in [0, 0.1) is 5.41 Å². The van der Waals surface area contributed by atoms with Gasteiger partial charge in [0.15, 0.2) is 23.0 Å². The molecule has 0 amide bonds. The molecule has 1 aromatic carbocycles. The zero-order chi connectivity index (χ0) is 15.0. The van der Waals surface area contributed by atoms with Crippen LogP contribution in [-0.4, -0.2) is 17.7 Å². The molecule has 1 aromatic rings. The molecule has 1 aliphatic heterocycles. The maximum atomic E-state index is 12.0. The fraction of sp³-hybridized carbons (Fsp3) is 0.400. The average molecular weight is 288 g/mol. The van der Waals surface area contributed by atoms with E-state index in [1.54, 1.807) is 18.2 Å². The number of benzene rings is 1. The number of allylic oxidation sites excluding steroid dienone is 2. The molecule has 0 spiro atoms. The summed E-state index contributed by atoms with van der Waals surface area (Å²) in [7, 11) is 0. The Bertz CT molecular complexity index is 662. The predicted molar refractivity (Wildman–Crippen MR) is 74.8 cm³/mol. The van der Waals surface area contributed by atoms with Crippen molar-refractivity contribution in [2.75, 3.05) is 6.79 Å².